The zero-order valence-electron chi connectivity index (χ0n) is 18.6. The lowest BCUT2D eigenvalue weighted by Gasteiger charge is -2.34. The summed E-state index contributed by atoms with van der Waals surface area (Å²) in [5, 5.41) is 7.19. The van der Waals surface area contributed by atoms with E-state index in [-0.39, 0.29) is 5.91 Å². The van der Waals surface area contributed by atoms with Gasteiger partial charge in [-0.3, -0.25) is 9.69 Å². The number of nitrogens with one attached hydrogen (secondary N) is 2. The van der Waals surface area contributed by atoms with Crippen LogP contribution in [0.4, 0.5) is 17.2 Å². The summed E-state index contributed by atoms with van der Waals surface area (Å²) in [7, 11) is 0. The molecule has 2 heterocycles. The molecule has 5 rings (SSSR count). The highest BCUT2D eigenvalue weighted by Crippen LogP contribution is 2.30. The number of hydrogen-bond donors (Lipinski definition) is 2. The highest BCUT2D eigenvalue weighted by molar-refractivity contribution is 5.97. The highest BCUT2D eigenvalue weighted by Gasteiger charge is 2.26. The van der Waals surface area contributed by atoms with Crippen molar-refractivity contribution in [1.82, 2.24) is 19.8 Å². The second-order valence-corrected chi connectivity index (χ2v) is 8.87. The Morgan fingerprint density at radius 1 is 1.03 bits per heavy atom. The van der Waals surface area contributed by atoms with Crippen LogP contribution in [0.25, 0.3) is 10.9 Å². The van der Waals surface area contributed by atoms with Gasteiger partial charge in [0.15, 0.2) is 0 Å². The number of benzene rings is 2. The molecule has 7 nitrogen and oxygen atoms in total. The van der Waals surface area contributed by atoms with Gasteiger partial charge in [-0.15, -0.1) is 6.42 Å². The quantitative estimate of drug-likeness (QED) is 0.549. The summed E-state index contributed by atoms with van der Waals surface area (Å²) in [4.78, 5) is 26.2. The molecular formula is C26H28N6O. The molecule has 1 aromatic heterocycles. The summed E-state index contributed by atoms with van der Waals surface area (Å²) in [6.07, 6.45) is 9.81. The Balaban J connectivity index is 1.23. The fourth-order valence-corrected chi connectivity index (χ4v) is 4.26. The van der Waals surface area contributed by atoms with Crippen LogP contribution in [0.15, 0.2) is 48.8 Å². The molecule has 0 atom stereocenters. The molecule has 1 aliphatic heterocycles. The molecular weight excluding hydrogens is 412 g/mol. The van der Waals surface area contributed by atoms with Crippen molar-refractivity contribution in [2.45, 2.75) is 12.8 Å². The molecule has 7 heteroatoms. The molecule has 0 radical (unpaired) electrons. The van der Waals surface area contributed by atoms with E-state index < -0.39 is 0 Å². The summed E-state index contributed by atoms with van der Waals surface area (Å²) < 4.78 is 0. The number of nitrogens with zero attached hydrogens (tertiary/aromatic N) is 4. The van der Waals surface area contributed by atoms with Gasteiger partial charge in [-0.05, 0) is 55.2 Å². The highest BCUT2D eigenvalue weighted by atomic mass is 16.2. The van der Waals surface area contributed by atoms with Crippen molar-refractivity contribution in [3.05, 3.63) is 54.4 Å². The number of rotatable bonds is 7. The Morgan fingerprint density at radius 2 is 1.85 bits per heavy atom. The van der Waals surface area contributed by atoms with Crippen LogP contribution in [0, 0.1) is 18.3 Å². The lowest BCUT2D eigenvalue weighted by Crippen LogP contribution is -2.49. The van der Waals surface area contributed by atoms with E-state index in [0.29, 0.717) is 12.4 Å². The van der Waals surface area contributed by atoms with E-state index in [2.05, 4.69) is 36.3 Å². The Kier molecular flexibility index (Phi) is 6.20. The minimum Gasteiger partial charge on any atom is -0.340 e. The fourth-order valence-electron chi connectivity index (χ4n) is 4.26. The van der Waals surface area contributed by atoms with Crippen LogP contribution in [0.5, 0.6) is 0 Å². The number of carbonyl (C=O) groups is 1. The predicted octanol–water partition coefficient (Wildman–Crippen LogP) is 3.32. The van der Waals surface area contributed by atoms with Crippen molar-refractivity contribution < 1.29 is 4.79 Å². The topological polar surface area (TPSA) is 73.4 Å². The first-order chi connectivity index (χ1) is 16.2. The fraction of sp³-hybridized carbons (Fsp3) is 0.346. The van der Waals surface area contributed by atoms with Crippen LogP contribution in [0.3, 0.4) is 0 Å². The van der Waals surface area contributed by atoms with Gasteiger partial charge in [-0.2, -0.15) is 0 Å². The van der Waals surface area contributed by atoms with Gasteiger partial charge >= 0.3 is 0 Å². The van der Waals surface area contributed by atoms with Crippen molar-refractivity contribution >= 4 is 34.0 Å². The molecule has 2 aromatic carbocycles. The number of piperazine rings is 1. The predicted molar refractivity (Wildman–Crippen MR) is 131 cm³/mol. The number of fused-ring (bicyclic) bond motifs is 1. The minimum absolute atomic E-state index is 0.00178. The number of terminal acetylenes is 1. The lowest BCUT2D eigenvalue weighted by molar-refractivity contribution is -0.117. The average molecular weight is 441 g/mol. The summed E-state index contributed by atoms with van der Waals surface area (Å²) in [5.74, 6) is 4.22. The summed E-state index contributed by atoms with van der Waals surface area (Å²) in [6.45, 7) is 5.61. The number of aromatic nitrogens is 2. The normalized spacial score (nSPS) is 16.9. The molecule has 2 N–H and O–H groups in total. The maximum Gasteiger partial charge on any atom is 0.238 e. The molecule has 2 aliphatic rings. The van der Waals surface area contributed by atoms with Gasteiger partial charge in [-0.25, -0.2) is 9.97 Å². The summed E-state index contributed by atoms with van der Waals surface area (Å²) in [5.41, 5.74) is 3.17. The maximum absolute atomic E-state index is 12.7. The largest absolute Gasteiger partial charge is 0.340 e. The van der Waals surface area contributed by atoms with Crippen LogP contribution in [0.1, 0.15) is 18.4 Å². The number of carbonyl (C=O) groups excluding carboxylic acids is 1. The molecule has 3 aromatic rings. The van der Waals surface area contributed by atoms with Gasteiger partial charge in [0.2, 0.25) is 5.91 Å². The second-order valence-electron chi connectivity index (χ2n) is 8.87. The molecule has 168 valence electrons. The zero-order chi connectivity index (χ0) is 22.6. The number of amides is 1. The SMILES string of the molecule is C#Cc1cccc(Nc2ncnc3ccc(NC(=O)CN4CCN(CC5CC5)CC4)cc23)c1. The molecule has 2 fully saturated rings. The van der Waals surface area contributed by atoms with E-state index in [1.165, 1.54) is 25.7 Å². The van der Waals surface area contributed by atoms with Crippen molar-refractivity contribution in [3.8, 4) is 12.3 Å². The van der Waals surface area contributed by atoms with Crippen LogP contribution in [-0.4, -0.2) is 64.9 Å². The smallest absolute Gasteiger partial charge is 0.238 e. The van der Waals surface area contributed by atoms with Crippen LogP contribution in [0.2, 0.25) is 0 Å². The Hall–Kier alpha value is -3.47. The third-order valence-electron chi connectivity index (χ3n) is 6.26. The van der Waals surface area contributed by atoms with Crippen LogP contribution in [-0.2, 0) is 4.79 Å². The van der Waals surface area contributed by atoms with E-state index in [9.17, 15) is 4.79 Å². The Labute approximate surface area is 194 Å². The van der Waals surface area contributed by atoms with Crippen molar-refractivity contribution in [2.75, 3.05) is 49.9 Å². The number of anilines is 3. The molecule has 1 amide bonds. The average Bonchev–Trinajstić information content (AvgIpc) is 3.65. The molecule has 0 bridgehead atoms. The van der Waals surface area contributed by atoms with Gasteiger partial charge in [-0.1, -0.05) is 12.0 Å². The maximum atomic E-state index is 12.7. The lowest BCUT2D eigenvalue weighted by atomic mass is 10.2. The van der Waals surface area contributed by atoms with Crippen molar-refractivity contribution in [2.24, 2.45) is 5.92 Å². The zero-order valence-corrected chi connectivity index (χ0v) is 18.6. The third kappa shape index (κ3) is 5.48. The van der Waals surface area contributed by atoms with Crippen molar-refractivity contribution in [3.63, 3.8) is 0 Å². The molecule has 1 aliphatic carbocycles. The number of hydrogen-bond acceptors (Lipinski definition) is 6. The Morgan fingerprint density at radius 3 is 2.64 bits per heavy atom. The first-order valence-electron chi connectivity index (χ1n) is 11.5. The van der Waals surface area contributed by atoms with Crippen LogP contribution >= 0.6 is 0 Å². The first-order valence-corrected chi connectivity index (χ1v) is 11.5. The van der Waals surface area contributed by atoms with Crippen LogP contribution < -0.4 is 10.6 Å². The van der Waals surface area contributed by atoms with E-state index in [1.807, 2.05) is 42.5 Å². The minimum atomic E-state index is -0.00178. The molecule has 0 unspecified atom stereocenters. The van der Waals surface area contributed by atoms with Gasteiger partial charge in [0.1, 0.15) is 12.1 Å². The molecule has 0 spiro atoms. The first kappa shape index (κ1) is 21.4. The van der Waals surface area contributed by atoms with Crippen molar-refractivity contribution in [1.29, 1.82) is 0 Å². The van der Waals surface area contributed by atoms with E-state index >= 15 is 0 Å². The van der Waals surface area contributed by atoms with Gasteiger partial charge < -0.3 is 15.5 Å². The summed E-state index contributed by atoms with van der Waals surface area (Å²) >= 11 is 0. The Bertz CT molecular complexity index is 1190. The van der Waals surface area contributed by atoms with E-state index in [0.717, 1.165) is 59.9 Å². The monoisotopic (exact) mass is 440 g/mol. The second kappa shape index (κ2) is 9.57. The van der Waals surface area contributed by atoms with Gasteiger partial charge in [0, 0.05) is 55.0 Å². The standard InChI is InChI=1S/C26H28N6O/c1-2-19-4-3-5-21(14-19)30-26-23-15-22(8-9-24(23)27-18-28-26)29-25(33)17-32-12-10-31(11-13-32)16-20-6-7-20/h1,3-5,8-9,14-15,18,20H,6-7,10-13,16-17H2,(H,29,33)(H,27,28,30). The molecule has 1 saturated heterocycles. The van der Waals surface area contributed by atoms with E-state index in [1.54, 1.807) is 0 Å². The summed E-state index contributed by atoms with van der Waals surface area (Å²) in [6, 6.07) is 13.3. The van der Waals surface area contributed by atoms with Gasteiger partial charge in [0.05, 0.1) is 12.1 Å². The molecule has 1 saturated carbocycles. The van der Waals surface area contributed by atoms with Gasteiger partial charge in [0.25, 0.3) is 0 Å². The van der Waals surface area contributed by atoms with E-state index in [4.69, 9.17) is 6.42 Å². The molecule has 33 heavy (non-hydrogen) atoms. The third-order valence-corrected chi connectivity index (χ3v) is 6.26.